The maximum Gasteiger partial charge on any atom is 0.251 e. The fourth-order valence-corrected chi connectivity index (χ4v) is 3.03. The number of hydrogen-bond donors (Lipinski definition) is 3. The molecule has 1 aromatic rings. The molecule has 0 aliphatic carbocycles. The molecule has 4 nitrogen and oxygen atoms in total. The second kappa shape index (κ2) is 6.66. The van der Waals surface area contributed by atoms with Gasteiger partial charge in [0.25, 0.3) is 5.91 Å². The predicted molar refractivity (Wildman–Crippen MR) is 75.2 cm³/mol. The first-order chi connectivity index (χ1) is 8.79. The van der Waals surface area contributed by atoms with Gasteiger partial charge in [-0.1, -0.05) is 0 Å². The quantitative estimate of drug-likeness (QED) is 0.752. The van der Waals surface area contributed by atoms with E-state index in [1.54, 1.807) is 12.1 Å². The number of amides is 1. The van der Waals surface area contributed by atoms with Crippen LogP contribution in [0.15, 0.2) is 24.3 Å². The van der Waals surface area contributed by atoms with E-state index in [-0.39, 0.29) is 19.1 Å². The second-order valence-electron chi connectivity index (χ2n) is 4.26. The zero-order valence-corrected chi connectivity index (χ0v) is 11.0. The standard InChI is InChI=1S/C13H18N2O2S/c16-7-6-14-13(17)10-1-3-11(4-2-10)15-12-5-8-18-9-12/h1-4,12,15-16H,5-9H2,(H,14,17). The first-order valence-corrected chi connectivity index (χ1v) is 7.28. The van der Waals surface area contributed by atoms with E-state index in [2.05, 4.69) is 10.6 Å². The number of nitrogens with one attached hydrogen (secondary N) is 2. The summed E-state index contributed by atoms with van der Waals surface area (Å²) in [6, 6.07) is 8.01. The fourth-order valence-electron chi connectivity index (χ4n) is 1.87. The van der Waals surface area contributed by atoms with Gasteiger partial charge in [-0.3, -0.25) is 4.79 Å². The Balaban J connectivity index is 1.90. The number of carbonyl (C=O) groups excluding carboxylic acids is 1. The third-order valence-electron chi connectivity index (χ3n) is 2.84. The van der Waals surface area contributed by atoms with Crippen LogP contribution in [0.25, 0.3) is 0 Å². The highest BCUT2D eigenvalue weighted by Gasteiger charge is 2.14. The zero-order chi connectivity index (χ0) is 12.8. The minimum atomic E-state index is -0.146. The van der Waals surface area contributed by atoms with Gasteiger partial charge < -0.3 is 15.7 Å². The third-order valence-corrected chi connectivity index (χ3v) is 4.01. The monoisotopic (exact) mass is 266 g/mol. The number of benzene rings is 1. The summed E-state index contributed by atoms with van der Waals surface area (Å²) in [4.78, 5) is 11.6. The minimum absolute atomic E-state index is 0.0370. The number of hydrogen-bond acceptors (Lipinski definition) is 4. The molecule has 98 valence electrons. The van der Waals surface area contributed by atoms with Crippen molar-refractivity contribution in [2.75, 3.05) is 30.0 Å². The number of carbonyl (C=O) groups is 1. The molecule has 1 aliphatic rings. The Morgan fingerprint density at radius 2 is 2.17 bits per heavy atom. The molecule has 0 spiro atoms. The summed E-state index contributed by atoms with van der Waals surface area (Å²) >= 11 is 1.97. The summed E-state index contributed by atoms with van der Waals surface area (Å²) in [5, 5.41) is 14.7. The van der Waals surface area contributed by atoms with Gasteiger partial charge >= 0.3 is 0 Å². The van der Waals surface area contributed by atoms with Gasteiger partial charge in [0, 0.05) is 29.6 Å². The topological polar surface area (TPSA) is 61.4 Å². The van der Waals surface area contributed by atoms with Gasteiger partial charge in [-0.25, -0.2) is 0 Å². The number of thioether (sulfide) groups is 1. The molecule has 0 radical (unpaired) electrons. The van der Waals surface area contributed by atoms with Crippen molar-refractivity contribution in [3.05, 3.63) is 29.8 Å². The van der Waals surface area contributed by atoms with E-state index in [1.165, 1.54) is 12.2 Å². The molecule has 0 aromatic heterocycles. The van der Waals surface area contributed by atoms with Gasteiger partial charge in [0.1, 0.15) is 0 Å². The van der Waals surface area contributed by atoms with Crippen molar-refractivity contribution < 1.29 is 9.90 Å². The molecular formula is C13H18N2O2S. The van der Waals surface area contributed by atoms with E-state index in [1.807, 2.05) is 23.9 Å². The molecule has 1 saturated heterocycles. The van der Waals surface area contributed by atoms with Crippen molar-refractivity contribution in [1.82, 2.24) is 5.32 Å². The van der Waals surface area contributed by atoms with Crippen molar-refractivity contribution >= 4 is 23.4 Å². The van der Waals surface area contributed by atoms with E-state index in [9.17, 15) is 4.79 Å². The summed E-state index contributed by atoms with van der Waals surface area (Å²) in [7, 11) is 0. The van der Waals surface area contributed by atoms with E-state index >= 15 is 0 Å². The molecule has 1 aliphatic heterocycles. The van der Waals surface area contributed by atoms with E-state index in [0.717, 1.165) is 11.4 Å². The van der Waals surface area contributed by atoms with Crippen LogP contribution in [-0.4, -0.2) is 41.7 Å². The van der Waals surface area contributed by atoms with Crippen LogP contribution in [-0.2, 0) is 0 Å². The van der Waals surface area contributed by atoms with Gasteiger partial charge in [-0.05, 0) is 36.4 Å². The number of aliphatic hydroxyl groups is 1. The zero-order valence-electron chi connectivity index (χ0n) is 10.2. The molecular weight excluding hydrogens is 248 g/mol. The molecule has 2 rings (SSSR count). The predicted octanol–water partition coefficient (Wildman–Crippen LogP) is 1.33. The average molecular weight is 266 g/mol. The normalized spacial score (nSPS) is 18.6. The molecule has 1 heterocycles. The Labute approximate surface area is 111 Å². The van der Waals surface area contributed by atoms with Gasteiger partial charge in [0.05, 0.1) is 6.61 Å². The smallest absolute Gasteiger partial charge is 0.251 e. The molecule has 5 heteroatoms. The first kappa shape index (κ1) is 13.2. The van der Waals surface area contributed by atoms with Crippen molar-refractivity contribution in [1.29, 1.82) is 0 Å². The number of rotatable bonds is 5. The summed E-state index contributed by atoms with van der Waals surface area (Å²) in [5.74, 6) is 2.23. The molecule has 1 amide bonds. The first-order valence-electron chi connectivity index (χ1n) is 6.13. The van der Waals surface area contributed by atoms with Gasteiger partial charge in [-0.15, -0.1) is 0 Å². The minimum Gasteiger partial charge on any atom is -0.395 e. The molecule has 18 heavy (non-hydrogen) atoms. The third kappa shape index (κ3) is 3.65. The molecule has 0 saturated carbocycles. The van der Waals surface area contributed by atoms with Gasteiger partial charge in [0.2, 0.25) is 0 Å². The summed E-state index contributed by atoms with van der Waals surface area (Å²) in [5.41, 5.74) is 1.68. The van der Waals surface area contributed by atoms with Crippen LogP contribution in [0.5, 0.6) is 0 Å². The van der Waals surface area contributed by atoms with Crippen molar-refractivity contribution in [3.63, 3.8) is 0 Å². The van der Waals surface area contributed by atoms with Crippen LogP contribution in [0.2, 0.25) is 0 Å². The molecule has 3 N–H and O–H groups in total. The van der Waals surface area contributed by atoms with E-state index in [0.29, 0.717) is 11.6 Å². The lowest BCUT2D eigenvalue weighted by molar-refractivity contribution is 0.0945. The van der Waals surface area contributed by atoms with Gasteiger partial charge in [-0.2, -0.15) is 11.8 Å². The van der Waals surface area contributed by atoms with Gasteiger partial charge in [0.15, 0.2) is 0 Å². The lowest BCUT2D eigenvalue weighted by Gasteiger charge is -2.13. The molecule has 1 unspecified atom stereocenters. The Morgan fingerprint density at radius 1 is 1.39 bits per heavy atom. The van der Waals surface area contributed by atoms with E-state index < -0.39 is 0 Å². The summed E-state index contributed by atoms with van der Waals surface area (Å²) in [6.45, 7) is 0.253. The van der Waals surface area contributed by atoms with E-state index in [4.69, 9.17) is 5.11 Å². The molecule has 1 atom stereocenters. The van der Waals surface area contributed by atoms with Crippen LogP contribution in [0.3, 0.4) is 0 Å². The van der Waals surface area contributed by atoms with Crippen LogP contribution in [0.1, 0.15) is 16.8 Å². The number of anilines is 1. The Bertz CT molecular complexity index is 388. The van der Waals surface area contributed by atoms with Crippen LogP contribution < -0.4 is 10.6 Å². The second-order valence-corrected chi connectivity index (χ2v) is 5.41. The SMILES string of the molecule is O=C(NCCO)c1ccc(NC2CCSC2)cc1. The maximum atomic E-state index is 11.6. The van der Waals surface area contributed by atoms with Crippen LogP contribution in [0, 0.1) is 0 Å². The molecule has 0 bridgehead atoms. The Hall–Kier alpha value is -1.20. The molecule has 1 aromatic carbocycles. The fraction of sp³-hybridized carbons (Fsp3) is 0.462. The Kier molecular flexibility index (Phi) is 4.90. The highest BCUT2D eigenvalue weighted by Crippen LogP contribution is 2.21. The summed E-state index contributed by atoms with van der Waals surface area (Å²) < 4.78 is 0. The molecule has 1 fully saturated rings. The summed E-state index contributed by atoms with van der Waals surface area (Å²) in [6.07, 6.45) is 1.20. The lowest BCUT2D eigenvalue weighted by atomic mass is 10.1. The Morgan fingerprint density at radius 3 is 2.78 bits per heavy atom. The van der Waals surface area contributed by atoms with Crippen molar-refractivity contribution in [2.45, 2.75) is 12.5 Å². The lowest BCUT2D eigenvalue weighted by Crippen LogP contribution is -2.26. The van der Waals surface area contributed by atoms with Crippen LogP contribution in [0.4, 0.5) is 5.69 Å². The van der Waals surface area contributed by atoms with Crippen LogP contribution >= 0.6 is 11.8 Å². The highest BCUT2D eigenvalue weighted by atomic mass is 32.2. The number of aliphatic hydroxyl groups excluding tert-OH is 1. The maximum absolute atomic E-state index is 11.6. The largest absolute Gasteiger partial charge is 0.395 e. The van der Waals surface area contributed by atoms with Crippen molar-refractivity contribution in [3.8, 4) is 0 Å². The van der Waals surface area contributed by atoms with Crippen molar-refractivity contribution in [2.24, 2.45) is 0 Å². The highest BCUT2D eigenvalue weighted by molar-refractivity contribution is 7.99. The average Bonchev–Trinajstić information content (AvgIpc) is 2.89.